The zero-order valence-corrected chi connectivity index (χ0v) is 15.7. The van der Waals surface area contributed by atoms with Gasteiger partial charge in [-0.1, -0.05) is 60.7 Å². The minimum atomic E-state index is 0.687. The number of benzene rings is 4. The van der Waals surface area contributed by atoms with Crippen LogP contribution in [0.4, 0.5) is 0 Å². The van der Waals surface area contributed by atoms with Crippen LogP contribution in [-0.2, 0) is 6.42 Å². The monoisotopic (exact) mass is 368 g/mol. The van der Waals surface area contributed by atoms with Gasteiger partial charge in [-0.05, 0) is 64.1 Å². The van der Waals surface area contributed by atoms with E-state index in [0.29, 0.717) is 11.1 Å². The first kappa shape index (κ1) is 17.0. The molecule has 1 aliphatic carbocycles. The van der Waals surface area contributed by atoms with E-state index in [0.717, 1.165) is 50.9 Å². The lowest BCUT2D eigenvalue weighted by Crippen LogP contribution is -1.89. The Kier molecular flexibility index (Phi) is 3.98. The number of nitrogens with zero attached hydrogens (tertiary/aromatic N) is 2. The second-order valence-corrected chi connectivity index (χ2v) is 7.24. The van der Waals surface area contributed by atoms with E-state index >= 15 is 0 Å². The van der Waals surface area contributed by atoms with Crippen LogP contribution < -0.4 is 0 Å². The van der Waals surface area contributed by atoms with E-state index in [9.17, 15) is 10.5 Å². The second-order valence-electron chi connectivity index (χ2n) is 7.24. The molecule has 0 heterocycles. The highest BCUT2D eigenvalue weighted by Crippen LogP contribution is 2.43. The molecule has 134 valence electrons. The molecule has 4 aromatic carbocycles. The molecular weight excluding hydrogens is 352 g/mol. The fourth-order valence-electron chi connectivity index (χ4n) is 4.19. The summed E-state index contributed by atoms with van der Waals surface area (Å²) in [5.41, 5.74) is 9.94. The van der Waals surface area contributed by atoms with Gasteiger partial charge in [-0.3, -0.25) is 0 Å². The van der Waals surface area contributed by atoms with Crippen LogP contribution in [0.25, 0.3) is 33.4 Å². The minimum absolute atomic E-state index is 0.687. The molecule has 0 amide bonds. The van der Waals surface area contributed by atoms with E-state index in [-0.39, 0.29) is 0 Å². The van der Waals surface area contributed by atoms with E-state index in [1.807, 2.05) is 72.8 Å². The Morgan fingerprint density at radius 1 is 0.517 bits per heavy atom. The minimum Gasteiger partial charge on any atom is -0.192 e. The average Bonchev–Trinajstić information content (AvgIpc) is 3.14. The SMILES string of the molecule is N#Cc1cc2c(cc1-c1ccccc1)-c1cc(-c3ccccc3)c(C#N)cc1C2. The van der Waals surface area contributed by atoms with Gasteiger partial charge in [0.05, 0.1) is 23.3 Å². The van der Waals surface area contributed by atoms with Crippen LogP contribution >= 0.6 is 0 Å². The maximum absolute atomic E-state index is 9.71. The van der Waals surface area contributed by atoms with Crippen molar-refractivity contribution in [2.45, 2.75) is 6.42 Å². The Bertz CT molecular complexity index is 1220. The molecule has 0 atom stereocenters. The Balaban J connectivity index is 1.73. The van der Waals surface area contributed by atoms with Crippen molar-refractivity contribution in [1.29, 1.82) is 10.5 Å². The lowest BCUT2D eigenvalue weighted by Gasteiger charge is -2.11. The summed E-state index contributed by atoms with van der Waals surface area (Å²) in [7, 11) is 0. The molecule has 4 aromatic rings. The van der Waals surface area contributed by atoms with E-state index < -0.39 is 0 Å². The van der Waals surface area contributed by atoms with Crippen LogP contribution in [0.1, 0.15) is 22.3 Å². The van der Waals surface area contributed by atoms with Gasteiger partial charge in [-0.15, -0.1) is 0 Å². The fourth-order valence-corrected chi connectivity index (χ4v) is 4.19. The molecule has 5 rings (SSSR count). The van der Waals surface area contributed by atoms with Crippen LogP contribution in [0, 0.1) is 22.7 Å². The summed E-state index contributed by atoms with van der Waals surface area (Å²) in [5.74, 6) is 0. The first-order valence-corrected chi connectivity index (χ1v) is 9.54. The summed E-state index contributed by atoms with van der Waals surface area (Å²) in [6.07, 6.45) is 0.748. The lowest BCUT2D eigenvalue weighted by atomic mass is 9.92. The lowest BCUT2D eigenvalue weighted by molar-refractivity contribution is 1.25. The Morgan fingerprint density at radius 3 is 1.31 bits per heavy atom. The Labute approximate surface area is 169 Å². The van der Waals surface area contributed by atoms with Gasteiger partial charge >= 0.3 is 0 Å². The maximum Gasteiger partial charge on any atom is 0.0998 e. The van der Waals surface area contributed by atoms with E-state index in [2.05, 4.69) is 24.3 Å². The van der Waals surface area contributed by atoms with Crippen molar-refractivity contribution in [2.24, 2.45) is 0 Å². The van der Waals surface area contributed by atoms with Crippen LogP contribution in [0.15, 0.2) is 84.9 Å². The molecule has 0 saturated carbocycles. The highest BCUT2D eigenvalue weighted by atomic mass is 14.3. The molecule has 0 unspecified atom stereocenters. The summed E-state index contributed by atoms with van der Waals surface area (Å²) >= 11 is 0. The fraction of sp³-hybridized carbons (Fsp3) is 0.0370. The third-order valence-corrected chi connectivity index (χ3v) is 5.57. The molecule has 2 nitrogen and oxygen atoms in total. The molecule has 0 radical (unpaired) electrons. The third-order valence-electron chi connectivity index (χ3n) is 5.57. The smallest absolute Gasteiger partial charge is 0.0998 e. The zero-order valence-electron chi connectivity index (χ0n) is 15.7. The summed E-state index contributed by atoms with van der Waals surface area (Å²) < 4.78 is 0. The van der Waals surface area contributed by atoms with Crippen LogP contribution in [0.5, 0.6) is 0 Å². The molecule has 0 aliphatic heterocycles. The topological polar surface area (TPSA) is 47.6 Å². The summed E-state index contributed by atoms with van der Waals surface area (Å²) in [6, 6.07) is 33.1. The Morgan fingerprint density at radius 2 is 0.931 bits per heavy atom. The Hall–Kier alpha value is -4.14. The molecule has 0 aromatic heterocycles. The second kappa shape index (κ2) is 6.79. The molecule has 0 N–H and O–H groups in total. The van der Waals surface area contributed by atoms with Crippen molar-refractivity contribution in [3.63, 3.8) is 0 Å². The average molecular weight is 368 g/mol. The van der Waals surface area contributed by atoms with Crippen molar-refractivity contribution >= 4 is 0 Å². The highest BCUT2D eigenvalue weighted by molar-refractivity contribution is 5.88. The molecular formula is C27H16N2. The van der Waals surface area contributed by atoms with Gasteiger partial charge in [0.25, 0.3) is 0 Å². The van der Waals surface area contributed by atoms with E-state index in [1.54, 1.807) is 0 Å². The summed E-state index contributed by atoms with van der Waals surface area (Å²) in [5, 5.41) is 19.4. The standard InChI is InChI=1S/C27H16N2/c28-16-22-12-20-11-21-13-23(17-29)25(19-9-5-2-6-10-19)15-27(21)26(20)14-24(22)18-7-3-1-4-8-18/h1-10,12-15H,11H2. The predicted molar refractivity (Wildman–Crippen MR) is 115 cm³/mol. The van der Waals surface area contributed by atoms with Gasteiger partial charge in [0.1, 0.15) is 0 Å². The summed E-state index contributed by atoms with van der Waals surface area (Å²) in [6.45, 7) is 0. The first-order valence-electron chi connectivity index (χ1n) is 9.54. The molecule has 2 heteroatoms. The van der Waals surface area contributed by atoms with Crippen molar-refractivity contribution in [3.05, 3.63) is 107 Å². The van der Waals surface area contributed by atoms with Gasteiger partial charge in [0.15, 0.2) is 0 Å². The maximum atomic E-state index is 9.71. The van der Waals surface area contributed by atoms with Crippen molar-refractivity contribution in [1.82, 2.24) is 0 Å². The quantitative estimate of drug-likeness (QED) is 0.365. The van der Waals surface area contributed by atoms with Crippen LogP contribution in [-0.4, -0.2) is 0 Å². The van der Waals surface area contributed by atoms with Gasteiger partial charge < -0.3 is 0 Å². The number of rotatable bonds is 2. The highest BCUT2D eigenvalue weighted by Gasteiger charge is 2.23. The normalized spacial score (nSPS) is 11.2. The molecule has 0 fully saturated rings. The van der Waals surface area contributed by atoms with Gasteiger partial charge in [-0.2, -0.15) is 10.5 Å². The third kappa shape index (κ3) is 2.80. The van der Waals surface area contributed by atoms with Crippen molar-refractivity contribution in [2.75, 3.05) is 0 Å². The largest absolute Gasteiger partial charge is 0.192 e. The molecule has 1 aliphatic rings. The predicted octanol–water partition coefficient (Wildman–Crippen LogP) is 6.34. The van der Waals surface area contributed by atoms with Gasteiger partial charge in [0.2, 0.25) is 0 Å². The van der Waals surface area contributed by atoms with Crippen LogP contribution in [0.2, 0.25) is 0 Å². The molecule has 29 heavy (non-hydrogen) atoms. The molecule has 0 saturated heterocycles. The number of hydrogen-bond acceptors (Lipinski definition) is 2. The van der Waals surface area contributed by atoms with Crippen molar-refractivity contribution < 1.29 is 0 Å². The number of nitriles is 2. The zero-order chi connectivity index (χ0) is 19.8. The molecule has 0 bridgehead atoms. The van der Waals surface area contributed by atoms with Gasteiger partial charge in [0, 0.05) is 11.1 Å². The number of hydrogen-bond donors (Lipinski definition) is 0. The summed E-state index contributed by atoms with van der Waals surface area (Å²) in [4.78, 5) is 0. The van der Waals surface area contributed by atoms with Gasteiger partial charge in [-0.25, -0.2) is 0 Å². The van der Waals surface area contributed by atoms with E-state index in [4.69, 9.17) is 0 Å². The number of fused-ring (bicyclic) bond motifs is 3. The van der Waals surface area contributed by atoms with Crippen LogP contribution in [0.3, 0.4) is 0 Å². The first-order chi connectivity index (χ1) is 14.3. The van der Waals surface area contributed by atoms with E-state index in [1.165, 1.54) is 0 Å². The van der Waals surface area contributed by atoms with Crippen molar-refractivity contribution in [3.8, 4) is 45.5 Å². The molecule has 0 spiro atoms.